The van der Waals surface area contributed by atoms with Crippen molar-refractivity contribution in [2.24, 2.45) is 5.92 Å². The average molecular weight is 340 g/mol. The molecule has 1 atom stereocenters. The molecular weight excluding hydrogens is 314 g/mol. The zero-order chi connectivity index (χ0) is 14.4. The van der Waals surface area contributed by atoms with Crippen LogP contribution in [-0.2, 0) is 6.42 Å². The smallest absolute Gasteiger partial charge is 0.119 e. The molecule has 1 aromatic rings. The zero-order valence-corrected chi connectivity index (χ0v) is 14.2. The first-order chi connectivity index (χ1) is 9.74. The molecule has 2 rings (SSSR count). The Balaban J connectivity index is 2.08. The molecule has 1 aliphatic rings. The van der Waals surface area contributed by atoms with E-state index >= 15 is 0 Å². The van der Waals surface area contributed by atoms with Gasteiger partial charge in [0, 0.05) is 10.5 Å². The summed E-state index contributed by atoms with van der Waals surface area (Å²) in [5, 5.41) is 3.55. The lowest BCUT2D eigenvalue weighted by Gasteiger charge is -2.26. The SMILES string of the molecule is CNC(Cc1cc(OC)ccc1Br)C1CCCCCC1. The monoisotopic (exact) mass is 339 g/mol. The number of nitrogens with one attached hydrogen (secondary N) is 1. The molecule has 1 N–H and O–H groups in total. The van der Waals surface area contributed by atoms with Crippen LogP contribution < -0.4 is 10.1 Å². The lowest BCUT2D eigenvalue weighted by Crippen LogP contribution is -2.35. The summed E-state index contributed by atoms with van der Waals surface area (Å²) < 4.78 is 6.54. The second-order valence-electron chi connectivity index (χ2n) is 5.81. The molecule has 112 valence electrons. The van der Waals surface area contributed by atoms with Crippen LogP contribution in [0.2, 0.25) is 0 Å². The minimum absolute atomic E-state index is 0.566. The Bertz CT molecular complexity index is 413. The van der Waals surface area contributed by atoms with Crippen LogP contribution in [-0.4, -0.2) is 20.2 Å². The molecule has 2 nitrogen and oxygen atoms in total. The normalized spacial score (nSPS) is 18.6. The maximum atomic E-state index is 5.35. The highest BCUT2D eigenvalue weighted by atomic mass is 79.9. The van der Waals surface area contributed by atoms with Gasteiger partial charge in [0.1, 0.15) is 5.75 Å². The Kier molecular flexibility index (Phi) is 6.37. The van der Waals surface area contributed by atoms with Crippen LogP contribution >= 0.6 is 15.9 Å². The Labute approximate surface area is 131 Å². The second kappa shape index (κ2) is 8.04. The summed E-state index contributed by atoms with van der Waals surface area (Å²) in [5.41, 5.74) is 1.34. The molecule has 1 aliphatic carbocycles. The molecule has 0 spiro atoms. The predicted octanol–water partition coefficient (Wildman–Crippen LogP) is 4.56. The molecule has 0 bridgehead atoms. The van der Waals surface area contributed by atoms with Gasteiger partial charge >= 0.3 is 0 Å². The number of hydrogen-bond acceptors (Lipinski definition) is 2. The van der Waals surface area contributed by atoms with E-state index in [1.807, 2.05) is 6.07 Å². The molecule has 0 aromatic heterocycles. The third-order valence-electron chi connectivity index (χ3n) is 4.53. The van der Waals surface area contributed by atoms with Crippen LogP contribution in [0.4, 0.5) is 0 Å². The lowest BCUT2D eigenvalue weighted by molar-refractivity contribution is 0.332. The molecule has 0 saturated heterocycles. The molecule has 0 heterocycles. The van der Waals surface area contributed by atoms with Gasteiger partial charge in [0.15, 0.2) is 0 Å². The fourth-order valence-electron chi connectivity index (χ4n) is 3.29. The number of likely N-dealkylation sites (N-methyl/N-ethyl adjacent to an activating group) is 1. The van der Waals surface area contributed by atoms with Crippen molar-refractivity contribution in [3.05, 3.63) is 28.2 Å². The van der Waals surface area contributed by atoms with E-state index in [0.29, 0.717) is 6.04 Å². The number of methoxy groups -OCH3 is 1. The van der Waals surface area contributed by atoms with Crippen molar-refractivity contribution in [2.45, 2.75) is 51.0 Å². The number of rotatable bonds is 5. The number of hydrogen-bond donors (Lipinski definition) is 1. The van der Waals surface area contributed by atoms with Gasteiger partial charge in [-0.05, 0) is 56.0 Å². The molecule has 20 heavy (non-hydrogen) atoms. The van der Waals surface area contributed by atoms with Crippen LogP contribution in [0.1, 0.15) is 44.1 Å². The van der Waals surface area contributed by atoms with Crippen molar-refractivity contribution < 1.29 is 4.74 Å². The van der Waals surface area contributed by atoms with Gasteiger partial charge < -0.3 is 10.1 Å². The highest BCUT2D eigenvalue weighted by Gasteiger charge is 2.22. The van der Waals surface area contributed by atoms with Crippen LogP contribution in [0.5, 0.6) is 5.75 Å². The average Bonchev–Trinajstić information content (AvgIpc) is 2.75. The Morgan fingerprint density at radius 3 is 2.55 bits per heavy atom. The molecule has 0 radical (unpaired) electrons. The molecule has 1 aromatic carbocycles. The summed E-state index contributed by atoms with van der Waals surface area (Å²) in [4.78, 5) is 0. The molecule has 1 saturated carbocycles. The quantitative estimate of drug-likeness (QED) is 0.794. The van der Waals surface area contributed by atoms with Gasteiger partial charge in [-0.2, -0.15) is 0 Å². The molecule has 1 unspecified atom stereocenters. The minimum Gasteiger partial charge on any atom is -0.497 e. The van der Waals surface area contributed by atoms with E-state index in [0.717, 1.165) is 18.1 Å². The fraction of sp³-hybridized carbons (Fsp3) is 0.647. The van der Waals surface area contributed by atoms with E-state index in [1.54, 1.807) is 7.11 Å². The van der Waals surface area contributed by atoms with Crippen molar-refractivity contribution in [3.63, 3.8) is 0 Å². The van der Waals surface area contributed by atoms with E-state index in [9.17, 15) is 0 Å². The number of benzene rings is 1. The maximum Gasteiger partial charge on any atom is 0.119 e. The van der Waals surface area contributed by atoms with Gasteiger partial charge in [-0.25, -0.2) is 0 Å². The first-order valence-electron chi connectivity index (χ1n) is 7.74. The minimum atomic E-state index is 0.566. The highest BCUT2D eigenvalue weighted by Crippen LogP contribution is 2.30. The van der Waals surface area contributed by atoms with Crippen molar-refractivity contribution in [1.82, 2.24) is 5.32 Å². The largest absolute Gasteiger partial charge is 0.497 e. The summed E-state index contributed by atoms with van der Waals surface area (Å²) in [6.07, 6.45) is 9.41. The first kappa shape index (κ1) is 15.8. The third-order valence-corrected chi connectivity index (χ3v) is 5.31. The van der Waals surface area contributed by atoms with E-state index < -0.39 is 0 Å². The number of halogens is 1. The van der Waals surface area contributed by atoms with Crippen molar-refractivity contribution in [1.29, 1.82) is 0 Å². The summed E-state index contributed by atoms with van der Waals surface area (Å²) in [7, 11) is 3.83. The third kappa shape index (κ3) is 4.23. The zero-order valence-electron chi connectivity index (χ0n) is 12.6. The van der Waals surface area contributed by atoms with Gasteiger partial charge in [-0.15, -0.1) is 0 Å². The highest BCUT2D eigenvalue weighted by molar-refractivity contribution is 9.10. The molecule has 3 heteroatoms. The van der Waals surface area contributed by atoms with Crippen LogP contribution in [0.3, 0.4) is 0 Å². The second-order valence-corrected chi connectivity index (χ2v) is 6.66. The fourth-order valence-corrected chi connectivity index (χ4v) is 3.70. The van der Waals surface area contributed by atoms with E-state index in [2.05, 4.69) is 40.4 Å². The molecule has 0 aliphatic heterocycles. The Morgan fingerprint density at radius 2 is 1.95 bits per heavy atom. The van der Waals surface area contributed by atoms with E-state index in [-0.39, 0.29) is 0 Å². The number of ether oxygens (including phenoxy) is 1. The van der Waals surface area contributed by atoms with Crippen molar-refractivity contribution >= 4 is 15.9 Å². The summed E-state index contributed by atoms with van der Waals surface area (Å²) in [5.74, 6) is 1.75. The maximum absolute atomic E-state index is 5.35. The standard InChI is InChI=1S/C17H26BrNO/c1-19-17(13-7-5-3-4-6-8-13)12-14-11-15(20-2)9-10-16(14)18/h9-11,13,17,19H,3-8,12H2,1-2H3. The van der Waals surface area contributed by atoms with Crippen LogP contribution in [0.25, 0.3) is 0 Å². The Hall–Kier alpha value is -0.540. The molecule has 1 fully saturated rings. The van der Waals surface area contributed by atoms with Gasteiger partial charge in [-0.3, -0.25) is 0 Å². The van der Waals surface area contributed by atoms with E-state index in [4.69, 9.17) is 4.74 Å². The van der Waals surface area contributed by atoms with Crippen molar-refractivity contribution in [3.8, 4) is 5.75 Å². The predicted molar refractivity (Wildman–Crippen MR) is 88.4 cm³/mol. The Morgan fingerprint density at radius 1 is 1.25 bits per heavy atom. The van der Waals surface area contributed by atoms with Gasteiger partial charge in [0.25, 0.3) is 0 Å². The molecule has 0 amide bonds. The summed E-state index contributed by atoms with van der Waals surface area (Å²) >= 11 is 3.67. The topological polar surface area (TPSA) is 21.3 Å². The van der Waals surface area contributed by atoms with Crippen LogP contribution in [0, 0.1) is 5.92 Å². The van der Waals surface area contributed by atoms with Crippen molar-refractivity contribution in [2.75, 3.05) is 14.2 Å². The van der Waals surface area contributed by atoms with E-state index in [1.165, 1.54) is 48.6 Å². The summed E-state index contributed by atoms with van der Waals surface area (Å²) in [6, 6.07) is 6.82. The molecular formula is C17H26BrNO. The van der Waals surface area contributed by atoms with Gasteiger partial charge in [0.05, 0.1) is 7.11 Å². The first-order valence-corrected chi connectivity index (χ1v) is 8.53. The van der Waals surface area contributed by atoms with Gasteiger partial charge in [0.2, 0.25) is 0 Å². The lowest BCUT2D eigenvalue weighted by atomic mass is 9.88. The summed E-state index contributed by atoms with van der Waals surface area (Å²) in [6.45, 7) is 0. The van der Waals surface area contributed by atoms with Gasteiger partial charge in [-0.1, -0.05) is 41.6 Å². The van der Waals surface area contributed by atoms with Crippen LogP contribution in [0.15, 0.2) is 22.7 Å².